The Balaban J connectivity index is 2.18. The molecule has 26 heavy (non-hydrogen) atoms. The number of nitrogens with one attached hydrogen (secondary N) is 1. The minimum absolute atomic E-state index is 0.0204. The van der Waals surface area contributed by atoms with Gasteiger partial charge in [0, 0.05) is 5.75 Å². The van der Waals surface area contributed by atoms with Crippen molar-refractivity contribution in [2.24, 2.45) is 4.99 Å². The number of hydrogen-bond acceptors (Lipinski definition) is 5. The molecule has 0 spiro atoms. The number of nitrogens with zero attached hydrogens (tertiary/aromatic N) is 1. The molecule has 2 atom stereocenters. The Bertz CT molecular complexity index is 773. The fraction of sp³-hybridized carbons (Fsp3) is 0.222. The maximum absolute atomic E-state index is 12.2. The van der Waals surface area contributed by atoms with Gasteiger partial charge in [0.05, 0.1) is 6.42 Å². The molecule has 7 nitrogen and oxygen atoms in total. The second kappa shape index (κ2) is 9.00. The summed E-state index contributed by atoms with van der Waals surface area (Å²) < 4.78 is 0. The van der Waals surface area contributed by atoms with Gasteiger partial charge in [-0.3, -0.25) is 9.79 Å². The van der Waals surface area contributed by atoms with Gasteiger partial charge < -0.3 is 15.5 Å². The number of carboxylic acids is 2. The van der Waals surface area contributed by atoms with Crippen LogP contribution in [0.3, 0.4) is 0 Å². The molecule has 1 amide bonds. The molecule has 1 aliphatic heterocycles. The average molecular weight is 374 g/mol. The van der Waals surface area contributed by atoms with E-state index < -0.39 is 29.9 Å². The first-order valence-electron chi connectivity index (χ1n) is 7.73. The van der Waals surface area contributed by atoms with Crippen molar-refractivity contribution < 1.29 is 24.6 Å². The number of carboxylic acid groups (broad SMARTS) is 2. The number of thioether (sulfide) groups is 1. The van der Waals surface area contributed by atoms with Crippen molar-refractivity contribution in [3.8, 4) is 0 Å². The van der Waals surface area contributed by atoms with E-state index >= 15 is 0 Å². The third-order valence-electron chi connectivity index (χ3n) is 3.57. The van der Waals surface area contributed by atoms with E-state index in [9.17, 15) is 24.6 Å². The first-order valence-corrected chi connectivity index (χ1v) is 8.71. The van der Waals surface area contributed by atoms with Gasteiger partial charge in [-0.15, -0.1) is 11.8 Å². The Morgan fingerprint density at radius 1 is 1.31 bits per heavy atom. The highest BCUT2D eigenvalue weighted by Gasteiger charge is 2.33. The van der Waals surface area contributed by atoms with Crippen molar-refractivity contribution in [2.45, 2.75) is 18.5 Å². The minimum Gasteiger partial charge on any atom is -0.479 e. The Morgan fingerprint density at radius 2 is 2.00 bits per heavy atom. The highest BCUT2D eigenvalue weighted by atomic mass is 32.2. The number of benzene rings is 1. The number of aliphatic imine (C=N–C) groups is 1. The van der Waals surface area contributed by atoms with Crippen LogP contribution < -0.4 is 5.32 Å². The minimum atomic E-state index is -1.39. The van der Waals surface area contributed by atoms with Gasteiger partial charge in [-0.1, -0.05) is 49.1 Å². The molecule has 0 saturated carbocycles. The number of rotatable bonds is 7. The number of amides is 1. The molecule has 1 aliphatic rings. The van der Waals surface area contributed by atoms with Crippen LogP contribution in [0.5, 0.6) is 0 Å². The third-order valence-corrected chi connectivity index (χ3v) is 4.68. The Morgan fingerprint density at radius 3 is 2.58 bits per heavy atom. The Hall–Kier alpha value is -2.87. The van der Waals surface area contributed by atoms with E-state index in [2.05, 4.69) is 16.9 Å². The molecule has 0 bridgehead atoms. The first kappa shape index (κ1) is 19.5. The first-order chi connectivity index (χ1) is 12.4. The van der Waals surface area contributed by atoms with Crippen molar-refractivity contribution in [1.29, 1.82) is 0 Å². The van der Waals surface area contributed by atoms with Gasteiger partial charge in [-0.25, -0.2) is 9.59 Å². The molecule has 8 heteroatoms. The molecule has 1 aromatic carbocycles. The quantitative estimate of drug-likeness (QED) is 0.666. The maximum Gasteiger partial charge on any atom is 0.333 e. The number of aliphatic carboxylic acids is 2. The molecule has 0 radical (unpaired) electrons. The number of allylic oxidation sites excluding steroid dienone is 2. The number of carbonyl (C=O) groups excluding carboxylic acids is 1. The van der Waals surface area contributed by atoms with Crippen LogP contribution in [-0.4, -0.2) is 50.9 Å². The molecule has 0 aliphatic carbocycles. The summed E-state index contributed by atoms with van der Waals surface area (Å²) in [6.07, 6.45) is 3.03. The maximum atomic E-state index is 12.2. The van der Waals surface area contributed by atoms with Gasteiger partial charge in [0.15, 0.2) is 12.1 Å². The topological polar surface area (TPSA) is 116 Å². The van der Waals surface area contributed by atoms with Crippen LogP contribution in [-0.2, 0) is 20.8 Å². The summed E-state index contributed by atoms with van der Waals surface area (Å²) in [6, 6.07) is 6.33. The lowest BCUT2D eigenvalue weighted by Crippen LogP contribution is -2.47. The summed E-state index contributed by atoms with van der Waals surface area (Å²) in [6.45, 7) is 3.53. The largest absolute Gasteiger partial charge is 0.479 e. The van der Waals surface area contributed by atoms with Crippen LogP contribution in [0.15, 0.2) is 59.6 Å². The second-order valence-electron chi connectivity index (χ2n) is 5.48. The van der Waals surface area contributed by atoms with E-state index in [0.717, 1.165) is 17.3 Å². The zero-order valence-corrected chi connectivity index (χ0v) is 14.6. The summed E-state index contributed by atoms with van der Waals surface area (Å²) in [5, 5.41) is 21.3. The van der Waals surface area contributed by atoms with Crippen molar-refractivity contribution in [3.05, 3.63) is 60.2 Å². The summed E-state index contributed by atoms with van der Waals surface area (Å²) in [5.41, 5.74) is 1.26. The SMILES string of the molecule is C=C/C=C1/CSC(C(NC(=O)Cc2ccccc2)C(=O)O)=NC1C(=O)O. The molecule has 136 valence electrons. The molecule has 0 aromatic heterocycles. The zero-order valence-electron chi connectivity index (χ0n) is 13.8. The van der Waals surface area contributed by atoms with E-state index in [4.69, 9.17) is 0 Å². The van der Waals surface area contributed by atoms with Crippen molar-refractivity contribution in [2.75, 3.05) is 5.75 Å². The van der Waals surface area contributed by atoms with E-state index in [1.165, 1.54) is 6.08 Å². The summed E-state index contributed by atoms with van der Waals surface area (Å²) in [5.74, 6) is -2.69. The predicted octanol–water partition coefficient (Wildman–Crippen LogP) is 1.51. The van der Waals surface area contributed by atoms with Gasteiger partial charge in [0.1, 0.15) is 5.04 Å². The van der Waals surface area contributed by atoms with Crippen LogP contribution in [0, 0.1) is 0 Å². The van der Waals surface area contributed by atoms with Crippen LogP contribution in [0.25, 0.3) is 0 Å². The Kier molecular flexibility index (Phi) is 6.74. The fourth-order valence-corrected chi connectivity index (χ4v) is 3.44. The van der Waals surface area contributed by atoms with Gasteiger partial charge in [0.25, 0.3) is 0 Å². The number of carbonyl (C=O) groups is 3. The summed E-state index contributed by atoms with van der Waals surface area (Å²) in [4.78, 5) is 39.2. The average Bonchev–Trinajstić information content (AvgIpc) is 2.61. The molecule has 2 unspecified atom stereocenters. The standard InChI is InChI=1S/C18H18N2O5S/c1-2-6-12-10-26-16(20-14(12)17(22)23)15(18(24)25)19-13(21)9-11-7-4-3-5-8-11/h2-8,14-15H,1,9-10H2,(H,19,21)(H,22,23)(H,24,25)/b12-6-. The van der Waals surface area contributed by atoms with Crippen molar-refractivity contribution >= 4 is 34.7 Å². The van der Waals surface area contributed by atoms with Crippen LogP contribution >= 0.6 is 11.8 Å². The molecule has 2 rings (SSSR count). The fourth-order valence-electron chi connectivity index (χ4n) is 2.37. The lowest BCUT2D eigenvalue weighted by Gasteiger charge is -2.24. The number of hydrogen-bond donors (Lipinski definition) is 3. The van der Waals surface area contributed by atoms with Gasteiger partial charge in [-0.05, 0) is 11.1 Å². The van der Waals surface area contributed by atoms with Crippen LogP contribution in [0.2, 0.25) is 0 Å². The highest BCUT2D eigenvalue weighted by Crippen LogP contribution is 2.25. The lowest BCUT2D eigenvalue weighted by atomic mass is 10.1. The summed E-state index contributed by atoms with van der Waals surface area (Å²) >= 11 is 1.09. The molecular formula is C18H18N2O5S. The zero-order chi connectivity index (χ0) is 19.1. The highest BCUT2D eigenvalue weighted by molar-refractivity contribution is 8.14. The van der Waals surface area contributed by atoms with E-state index in [0.29, 0.717) is 5.57 Å². The molecule has 0 fully saturated rings. The molecule has 1 heterocycles. The van der Waals surface area contributed by atoms with Gasteiger partial charge in [-0.2, -0.15) is 0 Å². The second-order valence-corrected chi connectivity index (χ2v) is 6.47. The van der Waals surface area contributed by atoms with Crippen LogP contribution in [0.4, 0.5) is 0 Å². The van der Waals surface area contributed by atoms with Gasteiger partial charge >= 0.3 is 11.9 Å². The van der Waals surface area contributed by atoms with E-state index in [-0.39, 0.29) is 17.2 Å². The summed E-state index contributed by atoms with van der Waals surface area (Å²) in [7, 11) is 0. The molecule has 3 N–H and O–H groups in total. The monoisotopic (exact) mass is 374 g/mol. The molecular weight excluding hydrogens is 356 g/mol. The predicted molar refractivity (Wildman–Crippen MR) is 99.3 cm³/mol. The third kappa shape index (κ3) is 5.06. The van der Waals surface area contributed by atoms with Crippen molar-refractivity contribution in [1.82, 2.24) is 5.32 Å². The molecule has 1 aromatic rings. The lowest BCUT2D eigenvalue weighted by molar-refractivity contribution is -0.140. The smallest absolute Gasteiger partial charge is 0.333 e. The van der Waals surface area contributed by atoms with E-state index in [1.54, 1.807) is 30.3 Å². The van der Waals surface area contributed by atoms with Crippen molar-refractivity contribution in [3.63, 3.8) is 0 Å². The molecule has 0 saturated heterocycles. The van der Waals surface area contributed by atoms with E-state index in [1.807, 2.05) is 6.07 Å². The van der Waals surface area contributed by atoms with Gasteiger partial charge in [0.2, 0.25) is 5.91 Å². The van der Waals surface area contributed by atoms with Crippen LogP contribution in [0.1, 0.15) is 5.56 Å². The normalized spacial score (nSPS) is 19.3. The Labute approximate surface area is 154 Å².